The van der Waals surface area contributed by atoms with E-state index < -0.39 is 9.84 Å². The lowest BCUT2D eigenvalue weighted by Gasteiger charge is -2.26. The van der Waals surface area contributed by atoms with Gasteiger partial charge in [0, 0.05) is 44.1 Å². The summed E-state index contributed by atoms with van der Waals surface area (Å²) in [5.74, 6) is 0.652. The number of carbonyl (C=O) groups is 1. The Bertz CT molecular complexity index is 918. The third-order valence-electron chi connectivity index (χ3n) is 5.30. The highest BCUT2D eigenvalue weighted by molar-refractivity contribution is 7.91. The number of hydrogen-bond donors (Lipinski definition) is 1. The van der Waals surface area contributed by atoms with Crippen LogP contribution in [0.4, 0.5) is 11.5 Å². The van der Waals surface area contributed by atoms with Crippen LogP contribution in [-0.2, 0) is 9.84 Å². The van der Waals surface area contributed by atoms with Crippen molar-refractivity contribution in [2.75, 3.05) is 47.9 Å². The van der Waals surface area contributed by atoms with Gasteiger partial charge in [-0.15, -0.1) is 0 Å². The maximum absolute atomic E-state index is 12.5. The van der Waals surface area contributed by atoms with Crippen molar-refractivity contribution in [2.24, 2.45) is 0 Å². The molecule has 28 heavy (non-hydrogen) atoms. The van der Waals surface area contributed by atoms with Crippen LogP contribution in [0.25, 0.3) is 0 Å². The van der Waals surface area contributed by atoms with Gasteiger partial charge < -0.3 is 15.1 Å². The first-order chi connectivity index (χ1) is 13.5. The number of nitrogens with one attached hydrogen (secondary N) is 1. The topological polar surface area (TPSA) is 82.6 Å². The van der Waals surface area contributed by atoms with Gasteiger partial charge in [-0.1, -0.05) is 18.2 Å². The van der Waals surface area contributed by atoms with Crippen LogP contribution >= 0.6 is 0 Å². The van der Waals surface area contributed by atoms with Crippen LogP contribution in [-0.4, -0.2) is 67.9 Å². The summed E-state index contributed by atoms with van der Waals surface area (Å²) >= 11 is 0. The van der Waals surface area contributed by atoms with Crippen LogP contribution in [0.2, 0.25) is 0 Å². The number of benzene rings is 1. The van der Waals surface area contributed by atoms with E-state index in [-0.39, 0.29) is 30.5 Å². The Labute approximate surface area is 165 Å². The molecule has 4 rings (SSSR count). The maximum atomic E-state index is 12.5. The number of carbonyl (C=O) groups excluding carboxylic acids is 1. The summed E-state index contributed by atoms with van der Waals surface area (Å²) in [5, 5.41) is 3.44. The number of pyridine rings is 1. The van der Waals surface area contributed by atoms with Gasteiger partial charge in [0.15, 0.2) is 9.84 Å². The fourth-order valence-corrected chi connectivity index (χ4v) is 4.87. The van der Waals surface area contributed by atoms with E-state index in [2.05, 4.69) is 27.3 Å². The van der Waals surface area contributed by atoms with Gasteiger partial charge >= 0.3 is 0 Å². The Balaban J connectivity index is 1.33. The summed E-state index contributed by atoms with van der Waals surface area (Å²) in [6.45, 7) is 2.40. The molecule has 2 saturated heterocycles. The van der Waals surface area contributed by atoms with Crippen LogP contribution in [0.5, 0.6) is 0 Å². The van der Waals surface area contributed by atoms with E-state index in [9.17, 15) is 13.2 Å². The van der Waals surface area contributed by atoms with E-state index in [1.807, 2.05) is 24.3 Å². The summed E-state index contributed by atoms with van der Waals surface area (Å²) in [5.41, 5.74) is 1.71. The number of rotatable bonds is 4. The monoisotopic (exact) mass is 400 g/mol. The van der Waals surface area contributed by atoms with Gasteiger partial charge in [0.2, 0.25) is 0 Å². The van der Waals surface area contributed by atoms with Crippen LogP contribution < -0.4 is 10.2 Å². The first-order valence-electron chi connectivity index (χ1n) is 9.52. The molecule has 1 unspecified atom stereocenters. The molecule has 0 spiro atoms. The van der Waals surface area contributed by atoms with Crippen LogP contribution in [0, 0.1) is 0 Å². The molecule has 2 fully saturated rings. The predicted octanol–water partition coefficient (Wildman–Crippen LogP) is 1.64. The predicted molar refractivity (Wildman–Crippen MR) is 109 cm³/mol. The van der Waals surface area contributed by atoms with Gasteiger partial charge in [-0.2, -0.15) is 0 Å². The van der Waals surface area contributed by atoms with E-state index in [4.69, 9.17) is 0 Å². The van der Waals surface area contributed by atoms with E-state index in [0.717, 1.165) is 25.3 Å². The van der Waals surface area contributed by atoms with Crippen molar-refractivity contribution in [3.05, 3.63) is 54.2 Å². The Morgan fingerprint density at radius 3 is 2.46 bits per heavy atom. The molecule has 1 aromatic carbocycles. The summed E-state index contributed by atoms with van der Waals surface area (Å²) < 4.78 is 23.0. The third-order valence-corrected chi connectivity index (χ3v) is 6.91. The molecule has 1 atom stereocenters. The summed E-state index contributed by atoms with van der Waals surface area (Å²) in [7, 11) is -3.00. The average Bonchev–Trinajstić information content (AvgIpc) is 3.17. The van der Waals surface area contributed by atoms with Gasteiger partial charge in [0.1, 0.15) is 5.82 Å². The summed E-state index contributed by atoms with van der Waals surface area (Å²) in [6.07, 6.45) is 2.59. The van der Waals surface area contributed by atoms with E-state index in [1.54, 1.807) is 17.2 Å². The van der Waals surface area contributed by atoms with Crippen molar-refractivity contribution in [2.45, 2.75) is 12.5 Å². The quantitative estimate of drug-likeness (QED) is 0.840. The van der Waals surface area contributed by atoms with Crippen LogP contribution in [0.1, 0.15) is 16.8 Å². The number of nitrogens with zero attached hydrogens (tertiary/aromatic N) is 3. The Morgan fingerprint density at radius 2 is 1.79 bits per heavy atom. The molecule has 148 valence electrons. The van der Waals surface area contributed by atoms with Crippen molar-refractivity contribution >= 4 is 27.2 Å². The summed E-state index contributed by atoms with van der Waals surface area (Å²) in [6, 6.07) is 14.2. The highest BCUT2D eigenvalue weighted by Crippen LogP contribution is 2.22. The Hall–Kier alpha value is -2.61. The number of sulfone groups is 1. The Morgan fingerprint density at radius 1 is 1.04 bits per heavy atom. The molecule has 0 saturated carbocycles. The minimum absolute atomic E-state index is 0.0331. The molecule has 7 nitrogen and oxygen atoms in total. The zero-order valence-electron chi connectivity index (χ0n) is 15.6. The second-order valence-corrected chi connectivity index (χ2v) is 9.59. The smallest absolute Gasteiger partial charge is 0.255 e. The molecule has 2 aliphatic rings. The van der Waals surface area contributed by atoms with Gasteiger partial charge in [-0.05, 0) is 30.7 Å². The first-order valence-corrected chi connectivity index (χ1v) is 11.3. The SMILES string of the molecule is O=C(c1ccc(NC2CCN(c3ccccc3)C2)nc1)N1CCS(=O)(=O)CC1. The van der Waals surface area contributed by atoms with E-state index in [1.165, 1.54) is 5.69 Å². The lowest BCUT2D eigenvalue weighted by atomic mass is 10.2. The normalized spacial score (nSPS) is 21.5. The van der Waals surface area contributed by atoms with Gasteiger partial charge in [0.05, 0.1) is 17.1 Å². The standard InChI is InChI=1S/C20H24N4O3S/c25-20(23-10-12-28(26,27)13-11-23)16-6-7-19(21-14-16)22-17-8-9-24(15-17)18-4-2-1-3-5-18/h1-7,14,17H,8-13,15H2,(H,21,22). The molecule has 1 amide bonds. The van der Waals surface area contributed by atoms with Crippen molar-refractivity contribution in [3.63, 3.8) is 0 Å². The molecule has 8 heteroatoms. The minimum atomic E-state index is -3.00. The minimum Gasteiger partial charge on any atom is -0.369 e. The molecule has 1 N–H and O–H groups in total. The van der Waals surface area contributed by atoms with E-state index >= 15 is 0 Å². The molecule has 3 heterocycles. The fourth-order valence-electron chi connectivity index (χ4n) is 3.66. The lowest BCUT2D eigenvalue weighted by Crippen LogP contribution is -2.43. The Kier molecular flexibility index (Phi) is 5.21. The molecule has 2 aliphatic heterocycles. The zero-order chi connectivity index (χ0) is 19.6. The number of aromatic nitrogens is 1. The third kappa shape index (κ3) is 4.27. The first kappa shape index (κ1) is 18.7. The molecular formula is C20H24N4O3S. The number of amides is 1. The highest BCUT2D eigenvalue weighted by atomic mass is 32.2. The number of para-hydroxylation sites is 1. The highest BCUT2D eigenvalue weighted by Gasteiger charge is 2.26. The molecule has 0 aliphatic carbocycles. The van der Waals surface area contributed by atoms with Gasteiger partial charge in [0.25, 0.3) is 5.91 Å². The summed E-state index contributed by atoms with van der Waals surface area (Å²) in [4.78, 5) is 20.8. The van der Waals surface area contributed by atoms with Crippen molar-refractivity contribution in [1.29, 1.82) is 0 Å². The second kappa shape index (κ2) is 7.79. The van der Waals surface area contributed by atoms with E-state index in [0.29, 0.717) is 11.6 Å². The zero-order valence-corrected chi connectivity index (χ0v) is 16.4. The fraction of sp³-hybridized carbons (Fsp3) is 0.400. The van der Waals surface area contributed by atoms with Crippen LogP contribution in [0.15, 0.2) is 48.7 Å². The van der Waals surface area contributed by atoms with Gasteiger partial charge in [-0.3, -0.25) is 4.79 Å². The average molecular weight is 401 g/mol. The largest absolute Gasteiger partial charge is 0.369 e. The lowest BCUT2D eigenvalue weighted by molar-refractivity contribution is 0.0770. The van der Waals surface area contributed by atoms with Crippen LogP contribution in [0.3, 0.4) is 0 Å². The molecular weight excluding hydrogens is 376 g/mol. The maximum Gasteiger partial charge on any atom is 0.255 e. The number of hydrogen-bond acceptors (Lipinski definition) is 6. The molecule has 1 aromatic heterocycles. The number of anilines is 2. The molecule has 2 aromatic rings. The molecule has 0 bridgehead atoms. The van der Waals surface area contributed by atoms with Crippen molar-refractivity contribution in [1.82, 2.24) is 9.88 Å². The second-order valence-electron chi connectivity index (χ2n) is 7.29. The molecule has 0 radical (unpaired) electrons. The van der Waals surface area contributed by atoms with Crippen molar-refractivity contribution in [3.8, 4) is 0 Å². The van der Waals surface area contributed by atoms with Crippen molar-refractivity contribution < 1.29 is 13.2 Å². The van der Waals surface area contributed by atoms with Gasteiger partial charge in [-0.25, -0.2) is 13.4 Å².